The molecule has 3 aromatic rings. The van der Waals surface area contributed by atoms with Gasteiger partial charge in [0.05, 0.1) is 16.6 Å². The van der Waals surface area contributed by atoms with Gasteiger partial charge in [-0.25, -0.2) is 4.98 Å². The van der Waals surface area contributed by atoms with E-state index >= 15 is 0 Å². The quantitative estimate of drug-likeness (QED) is 0.678. The highest BCUT2D eigenvalue weighted by Gasteiger charge is 2.21. The average Bonchev–Trinajstić information content (AvgIpc) is 2.63. The van der Waals surface area contributed by atoms with Crippen molar-refractivity contribution in [3.05, 3.63) is 68.2 Å². The molecule has 2 aromatic carbocycles. The van der Waals surface area contributed by atoms with Crippen LogP contribution in [-0.2, 0) is 0 Å². The summed E-state index contributed by atoms with van der Waals surface area (Å²) in [5.41, 5.74) is 3.65. The molecule has 1 unspecified atom stereocenters. The summed E-state index contributed by atoms with van der Waals surface area (Å²) >= 11 is 3.49. The van der Waals surface area contributed by atoms with Crippen LogP contribution in [0.3, 0.4) is 0 Å². The monoisotopic (exact) mass is 412 g/mol. The van der Waals surface area contributed by atoms with E-state index in [1.54, 1.807) is 4.57 Å². The fourth-order valence-corrected chi connectivity index (χ4v) is 4.16. The van der Waals surface area contributed by atoms with Crippen LogP contribution in [0.4, 0.5) is 0 Å². The van der Waals surface area contributed by atoms with E-state index in [2.05, 4.69) is 26.6 Å². The van der Waals surface area contributed by atoms with E-state index in [0.29, 0.717) is 11.2 Å². The molecule has 0 radical (unpaired) electrons. The van der Waals surface area contributed by atoms with Gasteiger partial charge in [-0.15, -0.1) is 0 Å². The Bertz CT molecular complexity index is 1040. The maximum absolute atomic E-state index is 13.5. The van der Waals surface area contributed by atoms with Crippen LogP contribution < -0.4 is 16.2 Å². The minimum Gasteiger partial charge on any atom is -0.314 e. The van der Waals surface area contributed by atoms with Crippen molar-refractivity contribution in [1.82, 2.24) is 20.2 Å². The molecule has 5 nitrogen and oxygen atoms in total. The SMILES string of the molecule is Cc1cc(Br)ccc1-n1c(C)nc2cccc(C3CNCCN3)c2c1=O. The highest BCUT2D eigenvalue weighted by atomic mass is 79.9. The molecule has 4 rings (SSSR count). The summed E-state index contributed by atoms with van der Waals surface area (Å²) in [5.74, 6) is 0.694. The summed E-state index contributed by atoms with van der Waals surface area (Å²) < 4.78 is 2.72. The molecule has 0 saturated carbocycles. The number of fused-ring (bicyclic) bond motifs is 1. The molecular formula is C20H21BrN4O. The molecule has 134 valence electrons. The van der Waals surface area contributed by atoms with Crippen LogP contribution >= 0.6 is 15.9 Å². The Balaban J connectivity index is 1.99. The minimum atomic E-state index is -0.0131. The second-order valence-corrected chi connectivity index (χ2v) is 7.60. The van der Waals surface area contributed by atoms with Crippen molar-refractivity contribution in [2.24, 2.45) is 0 Å². The first-order valence-corrected chi connectivity index (χ1v) is 9.58. The van der Waals surface area contributed by atoms with Crippen molar-refractivity contribution in [3.63, 3.8) is 0 Å². The molecule has 1 atom stereocenters. The van der Waals surface area contributed by atoms with Gasteiger partial charge in [0.25, 0.3) is 5.56 Å². The highest BCUT2D eigenvalue weighted by molar-refractivity contribution is 9.10. The number of aryl methyl sites for hydroxylation is 2. The Morgan fingerprint density at radius 3 is 2.77 bits per heavy atom. The van der Waals surface area contributed by atoms with E-state index in [1.807, 2.05) is 50.2 Å². The fraction of sp³-hybridized carbons (Fsp3) is 0.300. The first-order valence-electron chi connectivity index (χ1n) is 8.79. The number of hydrogen-bond acceptors (Lipinski definition) is 4. The first kappa shape index (κ1) is 17.4. The van der Waals surface area contributed by atoms with Gasteiger partial charge in [-0.05, 0) is 49.2 Å². The van der Waals surface area contributed by atoms with E-state index in [9.17, 15) is 4.79 Å². The van der Waals surface area contributed by atoms with E-state index in [4.69, 9.17) is 4.98 Å². The molecule has 0 spiro atoms. The lowest BCUT2D eigenvalue weighted by Gasteiger charge is -2.26. The zero-order chi connectivity index (χ0) is 18.3. The Kier molecular flexibility index (Phi) is 4.65. The van der Waals surface area contributed by atoms with E-state index in [0.717, 1.165) is 46.4 Å². The third-order valence-corrected chi connectivity index (χ3v) is 5.41. The van der Waals surface area contributed by atoms with Gasteiger partial charge < -0.3 is 10.6 Å². The largest absolute Gasteiger partial charge is 0.314 e. The number of rotatable bonds is 2. The van der Waals surface area contributed by atoms with Crippen molar-refractivity contribution < 1.29 is 0 Å². The van der Waals surface area contributed by atoms with Crippen molar-refractivity contribution in [1.29, 1.82) is 0 Å². The molecule has 1 saturated heterocycles. The maximum atomic E-state index is 13.5. The molecule has 0 aliphatic carbocycles. The lowest BCUT2D eigenvalue weighted by molar-refractivity contribution is 0.432. The van der Waals surface area contributed by atoms with Gasteiger partial charge in [-0.3, -0.25) is 9.36 Å². The summed E-state index contributed by atoms with van der Waals surface area (Å²) in [6.07, 6.45) is 0. The Hall–Kier alpha value is -2.02. The third kappa shape index (κ3) is 2.98. The lowest BCUT2D eigenvalue weighted by Crippen LogP contribution is -2.43. The number of aromatic nitrogens is 2. The van der Waals surface area contributed by atoms with E-state index in [1.165, 1.54) is 0 Å². The number of nitrogens with zero attached hydrogens (tertiary/aromatic N) is 2. The van der Waals surface area contributed by atoms with Crippen LogP contribution in [-0.4, -0.2) is 29.2 Å². The van der Waals surface area contributed by atoms with Crippen molar-refractivity contribution in [2.45, 2.75) is 19.9 Å². The molecule has 2 N–H and O–H groups in total. The van der Waals surface area contributed by atoms with Gasteiger partial charge in [0.1, 0.15) is 5.82 Å². The highest BCUT2D eigenvalue weighted by Crippen LogP contribution is 2.24. The summed E-state index contributed by atoms with van der Waals surface area (Å²) in [4.78, 5) is 18.2. The number of nitrogens with one attached hydrogen (secondary N) is 2. The van der Waals surface area contributed by atoms with Crippen LogP contribution in [0, 0.1) is 13.8 Å². The number of piperazine rings is 1. The molecule has 1 aliphatic rings. The van der Waals surface area contributed by atoms with E-state index in [-0.39, 0.29) is 11.6 Å². The predicted octanol–water partition coefficient (Wildman–Crippen LogP) is 3.00. The molecule has 26 heavy (non-hydrogen) atoms. The second-order valence-electron chi connectivity index (χ2n) is 6.68. The van der Waals surface area contributed by atoms with Crippen LogP contribution in [0.25, 0.3) is 16.6 Å². The van der Waals surface area contributed by atoms with Crippen LogP contribution in [0.1, 0.15) is 23.0 Å². The van der Waals surface area contributed by atoms with Crippen molar-refractivity contribution in [2.75, 3.05) is 19.6 Å². The summed E-state index contributed by atoms with van der Waals surface area (Å²) in [5, 5.41) is 7.59. The average molecular weight is 413 g/mol. The molecule has 1 aliphatic heterocycles. The fourth-order valence-electron chi connectivity index (χ4n) is 3.68. The van der Waals surface area contributed by atoms with Gasteiger partial charge in [-0.2, -0.15) is 0 Å². The molecular weight excluding hydrogens is 392 g/mol. The van der Waals surface area contributed by atoms with Crippen molar-refractivity contribution in [3.8, 4) is 5.69 Å². The van der Waals surface area contributed by atoms with Gasteiger partial charge in [0.2, 0.25) is 0 Å². The third-order valence-electron chi connectivity index (χ3n) is 4.91. The Labute approximate surface area is 160 Å². The maximum Gasteiger partial charge on any atom is 0.266 e. The molecule has 0 bridgehead atoms. The van der Waals surface area contributed by atoms with Crippen molar-refractivity contribution >= 4 is 26.8 Å². The van der Waals surface area contributed by atoms with Gasteiger partial charge in [0, 0.05) is 30.1 Å². The van der Waals surface area contributed by atoms with Gasteiger partial charge >= 0.3 is 0 Å². The summed E-state index contributed by atoms with van der Waals surface area (Å²) in [6, 6.07) is 12.0. The zero-order valence-electron chi connectivity index (χ0n) is 14.8. The second kappa shape index (κ2) is 6.95. The topological polar surface area (TPSA) is 59.0 Å². The Morgan fingerprint density at radius 1 is 1.19 bits per heavy atom. The smallest absolute Gasteiger partial charge is 0.266 e. The van der Waals surface area contributed by atoms with Gasteiger partial charge in [0.15, 0.2) is 0 Å². The minimum absolute atomic E-state index is 0.0131. The summed E-state index contributed by atoms with van der Waals surface area (Å²) in [6.45, 7) is 6.54. The Morgan fingerprint density at radius 2 is 2.04 bits per heavy atom. The van der Waals surface area contributed by atoms with Gasteiger partial charge in [-0.1, -0.05) is 28.1 Å². The molecule has 6 heteroatoms. The molecule has 2 heterocycles. The molecule has 1 fully saturated rings. The van der Waals surface area contributed by atoms with Crippen LogP contribution in [0.2, 0.25) is 0 Å². The number of halogens is 1. The summed E-state index contributed by atoms with van der Waals surface area (Å²) in [7, 11) is 0. The first-order chi connectivity index (χ1) is 12.6. The standard InChI is InChI=1S/C20H21BrN4O/c1-12-10-14(21)6-7-18(12)25-13(2)24-16-5-3-4-15(19(16)20(25)26)17-11-22-8-9-23-17/h3-7,10,17,22-23H,8-9,11H2,1-2H3. The molecule has 1 aromatic heterocycles. The zero-order valence-corrected chi connectivity index (χ0v) is 16.4. The number of hydrogen-bond donors (Lipinski definition) is 2. The van der Waals surface area contributed by atoms with Crippen LogP contribution in [0.5, 0.6) is 0 Å². The lowest BCUT2D eigenvalue weighted by atomic mass is 10.0. The predicted molar refractivity (Wildman–Crippen MR) is 108 cm³/mol. The molecule has 0 amide bonds. The van der Waals surface area contributed by atoms with Crippen LogP contribution in [0.15, 0.2) is 45.7 Å². The normalized spacial score (nSPS) is 17.6. The van der Waals surface area contributed by atoms with E-state index < -0.39 is 0 Å². The number of benzene rings is 2.